The summed E-state index contributed by atoms with van der Waals surface area (Å²) in [5, 5.41) is 6.78. The largest absolute Gasteiger partial charge is 0.343 e. The molecule has 2 aromatic carbocycles. The van der Waals surface area contributed by atoms with Gasteiger partial charge < -0.3 is 14.7 Å². The summed E-state index contributed by atoms with van der Waals surface area (Å²) < 4.78 is 5.26. The summed E-state index contributed by atoms with van der Waals surface area (Å²) in [7, 11) is 0. The maximum absolute atomic E-state index is 12.5. The molecule has 7 nitrogen and oxygen atoms in total. The highest BCUT2D eigenvalue weighted by Crippen LogP contribution is 2.30. The van der Waals surface area contributed by atoms with Crippen molar-refractivity contribution in [2.45, 2.75) is 32.2 Å². The Morgan fingerprint density at radius 3 is 2.66 bits per heavy atom. The predicted octanol–water partition coefficient (Wildman–Crippen LogP) is 3.08. The molecule has 0 radical (unpaired) electrons. The zero-order valence-corrected chi connectivity index (χ0v) is 16.2. The van der Waals surface area contributed by atoms with Crippen LogP contribution in [-0.2, 0) is 17.8 Å². The van der Waals surface area contributed by atoms with E-state index < -0.39 is 0 Å². The molecule has 0 spiro atoms. The lowest BCUT2D eigenvalue weighted by Gasteiger charge is -2.16. The van der Waals surface area contributed by atoms with Gasteiger partial charge in [0, 0.05) is 30.1 Å². The number of nitrogens with one attached hydrogen (secondary N) is 1. The first-order valence-electron chi connectivity index (χ1n) is 9.69. The molecule has 1 unspecified atom stereocenters. The van der Waals surface area contributed by atoms with E-state index in [0.29, 0.717) is 30.2 Å². The van der Waals surface area contributed by atoms with Crippen molar-refractivity contribution in [2.75, 3.05) is 11.4 Å². The van der Waals surface area contributed by atoms with Gasteiger partial charge in [0.25, 0.3) is 5.91 Å². The summed E-state index contributed by atoms with van der Waals surface area (Å²) in [4.78, 5) is 30.7. The van der Waals surface area contributed by atoms with Gasteiger partial charge in [0.15, 0.2) is 5.82 Å². The van der Waals surface area contributed by atoms with Crippen LogP contribution in [0.3, 0.4) is 0 Å². The van der Waals surface area contributed by atoms with Gasteiger partial charge in [-0.25, -0.2) is 0 Å². The van der Waals surface area contributed by atoms with E-state index in [-0.39, 0.29) is 24.3 Å². The molecule has 148 valence electrons. The lowest BCUT2D eigenvalue weighted by atomic mass is 10.1. The Hall–Kier alpha value is -3.48. The van der Waals surface area contributed by atoms with E-state index in [1.54, 1.807) is 29.2 Å². The van der Waals surface area contributed by atoms with Crippen molar-refractivity contribution in [3.8, 4) is 0 Å². The average molecular weight is 390 g/mol. The Morgan fingerprint density at radius 2 is 1.93 bits per heavy atom. The molecule has 1 N–H and O–H groups in total. The zero-order valence-electron chi connectivity index (χ0n) is 16.2. The van der Waals surface area contributed by atoms with Gasteiger partial charge in [0.1, 0.15) is 0 Å². The third-order valence-electron chi connectivity index (χ3n) is 5.07. The minimum absolute atomic E-state index is 0.0444. The van der Waals surface area contributed by atoms with E-state index >= 15 is 0 Å². The molecule has 0 bridgehead atoms. The molecule has 29 heavy (non-hydrogen) atoms. The van der Waals surface area contributed by atoms with E-state index in [1.165, 1.54) is 5.56 Å². The number of carbonyl (C=O) groups is 2. The van der Waals surface area contributed by atoms with Crippen LogP contribution in [-0.4, -0.2) is 28.5 Å². The topological polar surface area (TPSA) is 88.3 Å². The first-order chi connectivity index (χ1) is 14.1. The van der Waals surface area contributed by atoms with E-state index in [2.05, 4.69) is 22.4 Å². The normalized spacial score (nSPS) is 16.2. The van der Waals surface area contributed by atoms with Crippen LogP contribution < -0.4 is 10.2 Å². The van der Waals surface area contributed by atoms with Gasteiger partial charge in [-0.2, -0.15) is 4.98 Å². The molecule has 0 aliphatic carbocycles. The fraction of sp³-hybridized carbons (Fsp3) is 0.273. The van der Waals surface area contributed by atoms with Crippen LogP contribution >= 0.6 is 0 Å². The first-order valence-corrected chi connectivity index (χ1v) is 9.69. The Morgan fingerprint density at radius 1 is 1.17 bits per heavy atom. The molecular formula is C22H22N4O3. The summed E-state index contributed by atoms with van der Waals surface area (Å²) in [5.74, 6) is 0.527. The second-order valence-electron chi connectivity index (χ2n) is 7.02. The lowest BCUT2D eigenvalue weighted by Crippen LogP contribution is -2.24. The number of rotatable bonds is 6. The Kier molecular flexibility index (Phi) is 5.37. The zero-order chi connectivity index (χ0) is 20.2. The molecule has 1 fully saturated rings. The molecule has 2 heterocycles. The predicted molar refractivity (Wildman–Crippen MR) is 107 cm³/mol. The number of benzene rings is 2. The number of amides is 2. The van der Waals surface area contributed by atoms with Crippen molar-refractivity contribution in [1.29, 1.82) is 0 Å². The number of carbonyl (C=O) groups excluding carboxylic acids is 2. The van der Waals surface area contributed by atoms with Crippen LogP contribution in [0.5, 0.6) is 0 Å². The highest BCUT2D eigenvalue weighted by atomic mass is 16.5. The molecule has 0 saturated carbocycles. The standard InChI is InChI=1S/C22H22N4O3/c1-2-15-8-10-18(11-9-15)26-14-17(12-20(26)27)21-24-19(29-25-21)13-23-22(28)16-6-4-3-5-7-16/h3-11,17H,2,12-14H2,1H3,(H,23,28). The van der Waals surface area contributed by atoms with E-state index in [0.717, 1.165) is 12.1 Å². The van der Waals surface area contributed by atoms with Crippen LogP contribution in [0.4, 0.5) is 5.69 Å². The van der Waals surface area contributed by atoms with Crippen LogP contribution in [0.15, 0.2) is 59.1 Å². The smallest absolute Gasteiger partial charge is 0.251 e. The summed E-state index contributed by atoms with van der Waals surface area (Å²) >= 11 is 0. The Balaban J connectivity index is 1.38. The van der Waals surface area contributed by atoms with E-state index in [9.17, 15) is 9.59 Å². The summed E-state index contributed by atoms with van der Waals surface area (Å²) in [6, 6.07) is 17.0. The maximum Gasteiger partial charge on any atom is 0.251 e. The highest BCUT2D eigenvalue weighted by molar-refractivity contribution is 5.96. The number of aromatic nitrogens is 2. The fourth-order valence-corrected chi connectivity index (χ4v) is 3.39. The van der Waals surface area contributed by atoms with Gasteiger partial charge in [-0.1, -0.05) is 42.4 Å². The quantitative estimate of drug-likeness (QED) is 0.699. The molecule has 4 rings (SSSR count). The van der Waals surface area contributed by atoms with Gasteiger partial charge in [0.05, 0.1) is 6.54 Å². The van der Waals surface area contributed by atoms with Crippen LogP contribution in [0.1, 0.15) is 46.9 Å². The van der Waals surface area contributed by atoms with Gasteiger partial charge >= 0.3 is 0 Å². The molecule has 1 saturated heterocycles. The van der Waals surface area contributed by atoms with Crippen molar-refractivity contribution < 1.29 is 14.1 Å². The van der Waals surface area contributed by atoms with Crippen molar-refractivity contribution in [2.24, 2.45) is 0 Å². The van der Waals surface area contributed by atoms with Crippen molar-refractivity contribution in [3.63, 3.8) is 0 Å². The SMILES string of the molecule is CCc1ccc(N2CC(c3noc(CNC(=O)c4ccccc4)n3)CC2=O)cc1. The number of hydrogen-bond donors (Lipinski definition) is 1. The van der Waals surface area contributed by atoms with Crippen molar-refractivity contribution in [3.05, 3.63) is 77.4 Å². The minimum atomic E-state index is -0.205. The lowest BCUT2D eigenvalue weighted by molar-refractivity contribution is -0.117. The fourth-order valence-electron chi connectivity index (χ4n) is 3.39. The van der Waals surface area contributed by atoms with Crippen LogP contribution in [0.25, 0.3) is 0 Å². The molecule has 3 aromatic rings. The maximum atomic E-state index is 12.5. The second-order valence-corrected chi connectivity index (χ2v) is 7.02. The molecule has 1 atom stereocenters. The number of anilines is 1. The third kappa shape index (κ3) is 4.18. The second kappa shape index (κ2) is 8.26. The van der Waals surface area contributed by atoms with Gasteiger partial charge in [-0.05, 0) is 36.2 Å². The molecule has 7 heteroatoms. The first kappa shape index (κ1) is 18.9. The van der Waals surface area contributed by atoms with Gasteiger partial charge in [-0.15, -0.1) is 0 Å². The molecule has 1 aliphatic heterocycles. The van der Waals surface area contributed by atoms with Crippen LogP contribution in [0.2, 0.25) is 0 Å². The summed E-state index contributed by atoms with van der Waals surface area (Å²) in [6.45, 7) is 2.76. The molecule has 1 aliphatic rings. The van der Waals surface area contributed by atoms with Crippen LogP contribution in [0, 0.1) is 0 Å². The van der Waals surface area contributed by atoms with E-state index in [4.69, 9.17) is 4.52 Å². The number of hydrogen-bond acceptors (Lipinski definition) is 5. The Bertz CT molecular complexity index is 998. The number of aryl methyl sites for hydroxylation is 1. The van der Waals surface area contributed by atoms with Gasteiger partial charge in [0.2, 0.25) is 11.8 Å². The molecule has 2 amide bonds. The summed E-state index contributed by atoms with van der Waals surface area (Å²) in [6.07, 6.45) is 1.30. The summed E-state index contributed by atoms with van der Waals surface area (Å²) in [5.41, 5.74) is 2.68. The third-order valence-corrected chi connectivity index (χ3v) is 5.07. The number of nitrogens with zero attached hydrogens (tertiary/aromatic N) is 3. The Labute approximate surface area is 168 Å². The average Bonchev–Trinajstić information content (AvgIpc) is 3.39. The van der Waals surface area contributed by atoms with Crippen molar-refractivity contribution in [1.82, 2.24) is 15.5 Å². The minimum Gasteiger partial charge on any atom is -0.343 e. The molecular weight excluding hydrogens is 368 g/mol. The van der Waals surface area contributed by atoms with E-state index in [1.807, 2.05) is 30.3 Å². The molecule has 1 aromatic heterocycles. The highest BCUT2D eigenvalue weighted by Gasteiger charge is 2.34. The van der Waals surface area contributed by atoms with Gasteiger partial charge in [-0.3, -0.25) is 9.59 Å². The monoisotopic (exact) mass is 390 g/mol. The van der Waals surface area contributed by atoms with Crippen molar-refractivity contribution >= 4 is 17.5 Å².